The fourth-order valence-corrected chi connectivity index (χ4v) is 4.03. The molecule has 0 unspecified atom stereocenters. The van der Waals surface area contributed by atoms with Crippen molar-refractivity contribution >= 4 is 46.2 Å². The second kappa shape index (κ2) is 9.86. The van der Waals surface area contributed by atoms with Crippen molar-refractivity contribution in [3.63, 3.8) is 0 Å². The lowest BCUT2D eigenvalue weighted by atomic mass is 10.1. The fraction of sp³-hybridized carbons (Fsp3) is 0.120. The maximum absolute atomic E-state index is 12.4. The summed E-state index contributed by atoms with van der Waals surface area (Å²) in [5.74, 6) is 0.625. The highest BCUT2D eigenvalue weighted by molar-refractivity contribution is 8.18. The number of carbonyl (C=O) groups is 1. The van der Waals surface area contributed by atoms with Crippen molar-refractivity contribution in [3.8, 4) is 5.75 Å². The zero-order valence-electron chi connectivity index (χ0n) is 17.0. The average molecular weight is 449 g/mol. The van der Waals surface area contributed by atoms with Crippen molar-refractivity contribution in [1.29, 1.82) is 0 Å². The molecule has 0 bridgehead atoms. The number of thioether (sulfide) groups is 1. The van der Waals surface area contributed by atoms with E-state index in [4.69, 9.17) is 16.3 Å². The van der Waals surface area contributed by atoms with Crippen molar-refractivity contribution in [2.75, 3.05) is 0 Å². The third kappa shape index (κ3) is 5.57. The van der Waals surface area contributed by atoms with Crippen LogP contribution in [0.5, 0.6) is 5.75 Å². The van der Waals surface area contributed by atoms with E-state index in [1.807, 2.05) is 78.9 Å². The maximum atomic E-state index is 12.4. The SMILES string of the molecule is CCc1ccccc1N=C1NC(=O)C(=Cc2ccc(OCc3ccc(Cl)cc3)cc2)S1. The molecule has 156 valence electrons. The van der Waals surface area contributed by atoms with Crippen LogP contribution in [0.3, 0.4) is 0 Å². The standard InChI is InChI=1S/C25H21ClN2O2S/c1-2-19-5-3-4-6-22(19)27-25-28-24(29)23(31-25)15-17-9-13-21(14-10-17)30-16-18-7-11-20(26)12-8-18/h3-15H,2,16H2,1H3,(H,27,28,29). The molecule has 1 aliphatic heterocycles. The molecule has 4 nitrogen and oxygen atoms in total. The Kier molecular flexibility index (Phi) is 6.75. The van der Waals surface area contributed by atoms with Crippen LogP contribution in [-0.4, -0.2) is 11.1 Å². The molecule has 1 heterocycles. The van der Waals surface area contributed by atoms with Crippen LogP contribution in [0, 0.1) is 0 Å². The predicted octanol–water partition coefficient (Wildman–Crippen LogP) is 6.37. The molecule has 6 heteroatoms. The number of carbonyl (C=O) groups excluding carboxylic acids is 1. The molecule has 1 aliphatic rings. The average Bonchev–Trinajstić information content (AvgIpc) is 3.13. The first-order chi connectivity index (χ1) is 15.1. The summed E-state index contributed by atoms with van der Waals surface area (Å²) in [6.45, 7) is 2.56. The molecule has 4 rings (SSSR count). The zero-order chi connectivity index (χ0) is 21.6. The molecule has 3 aromatic rings. The van der Waals surface area contributed by atoms with Gasteiger partial charge in [-0.05, 0) is 71.3 Å². The Morgan fingerprint density at radius 2 is 1.77 bits per heavy atom. The molecular weight excluding hydrogens is 428 g/mol. The second-order valence-electron chi connectivity index (χ2n) is 6.95. The summed E-state index contributed by atoms with van der Waals surface area (Å²) in [6.07, 6.45) is 2.75. The van der Waals surface area contributed by atoms with Crippen LogP contribution in [-0.2, 0) is 17.8 Å². The number of hydrogen-bond acceptors (Lipinski definition) is 4. The minimum Gasteiger partial charge on any atom is -0.489 e. The van der Waals surface area contributed by atoms with E-state index >= 15 is 0 Å². The molecule has 3 aromatic carbocycles. The number of amides is 1. The number of rotatable bonds is 6. The topological polar surface area (TPSA) is 50.7 Å². The number of nitrogens with zero attached hydrogens (tertiary/aromatic N) is 1. The largest absolute Gasteiger partial charge is 0.489 e. The van der Waals surface area contributed by atoms with E-state index < -0.39 is 0 Å². The van der Waals surface area contributed by atoms with Crippen molar-refractivity contribution in [1.82, 2.24) is 5.32 Å². The molecule has 1 N–H and O–H groups in total. The number of ether oxygens (including phenoxy) is 1. The third-order valence-electron chi connectivity index (χ3n) is 4.74. The van der Waals surface area contributed by atoms with Gasteiger partial charge in [0.1, 0.15) is 12.4 Å². The number of halogens is 1. The van der Waals surface area contributed by atoms with Gasteiger partial charge in [-0.2, -0.15) is 0 Å². The van der Waals surface area contributed by atoms with E-state index in [-0.39, 0.29) is 5.91 Å². The fourth-order valence-electron chi connectivity index (χ4n) is 3.07. The summed E-state index contributed by atoms with van der Waals surface area (Å²) in [7, 11) is 0. The number of para-hydroxylation sites is 1. The number of aryl methyl sites for hydroxylation is 1. The number of amidine groups is 1. The predicted molar refractivity (Wildman–Crippen MR) is 129 cm³/mol. The van der Waals surface area contributed by atoms with Gasteiger partial charge in [-0.1, -0.05) is 61.0 Å². The normalized spacial score (nSPS) is 16.0. The lowest BCUT2D eigenvalue weighted by Crippen LogP contribution is -2.19. The van der Waals surface area contributed by atoms with E-state index in [9.17, 15) is 4.79 Å². The Morgan fingerprint density at radius 1 is 1.03 bits per heavy atom. The number of hydrogen-bond donors (Lipinski definition) is 1. The van der Waals surface area contributed by atoms with Crippen LogP contribution in [0.4, 0.5) is 5.69 Å². The van der Waals surface area contributed by atoms with Gasteiger partial charge in [0.05, 0.1) is 10.6 Å². The second-order valence-corrected chi connectivity index (χ2v) is 8.42. The van der Waals surface area contributed by atoms with Crippen LogP contribution in [0.1, 0.15) is 23.6 Å². The Bertz CT molecular complexity index is 1140. The molecular formula is C25H21ClN2O2S. The van der Waals surface area contributed by atoms with Gasteiger partial charge in [0.25, 0.3) is 5.91 Å². The highest BCUT2D eigenvalue weighted by Gasteiger charge is 2.24. The van der Waals surface area contributed by atoms with E-state index in [0.717, 1.165) is 34.5 Å². The first kappa shape index (κ1) is 21.2. The minimum absolute atomic E-state index is 0.138. The molecule has 1 saturated heterocycles. The van der Waals surface area contributed by atoms with E-state index in [0.29, 0.717) is 21.7 Å². The van der Waals surface area contributed by atoms with Crippen molar-refractivity contribution < 1.29 is 9.53 Å². The van der Waals surface area contributed by atoms with Crippen molar-refractivity contribution in [3.05, 3.63) is 99.4 Å². The van der Waals surface area contributed by atoms with Gasteiger partial charge < -0.3 is 10.1 Å². The zero-order valence-corrected chi connectivity index (χ0v) is 18.5. The number of nitrogens with one attached hydrogen (secondary N) is 1. The number of benzene rings is 3. The van der Waals surface area contributed by atoms with Gasteiger partial charge in [0.15, 0.2) is 5.17 Å². The van der Waals surface area contributed by atoms with Gasteiger partial charge >= 0.3 is 0 Å². The highest BCUT2D eigenvalue weighted by atomic mass is 35.5. The van der Waals surface area contributed by atoms with Gasteiger partial charge in [0.2, 0.25) is 0 Å². The Labute approximate surface area is 191 Å². The van der Waals surface area contributed by atoms with Crippen molar-refractivity contribution in [2.45, 2.75) is 20.0 Å². The molecule has 31 heavy (non-hydrogen) atoms. The first-order valence-electron chi connectivity index (χ1n) is 9.95. The third-order valence-corrected chi connectivity index (χ3v) is 5.90. The lowest BCUT2D eigenvalue weighted by molar-refractivity contribution is -0.115. The molecule has 0 radical (unpaired) electrons. The summed E-state index contributed by atoms with van der Waals surface area (Å²) in [5, 5.41) is 4.15. The van der Waals surface area contributed by atoms with Crippen LogP contribution in [0.25, 0.3) is 6.08 Å². The van der Waals surface area contributed by atoms with E-state index in [1.165, 1.54) is 11.8 Å². The summed E-state index contributed by atoms with van der Waals surface area (Å²) in [5.41, 5.74) is 4.01. The quantitative estimate of drug-likeness (QED) is 0.445. The molecule has 1 amide bonds. The molecule has 0 aliphatic carbocycles. The first-order valence-corrected chi connectivity index (χ1v) is 11.1. The van der Waals surface area contributed by atoms with Gasteiger partial charge in [-0.25, -0.2) is 4.99 Å². The summed E-state index contributed by atoms with van der Waals surface area (Å²) >= 11 is 7.25. The van der Waals surface area contributed by atoms with Gasteiger partial charge in [-0.15, -0.1) is 0 Å². The maximum Gasteiger partial charge on any atom is 0.264 e. The molecule has 0 spiro atoms. The minimum atomic E-state index is -0.138. The molecule has 0 atom stereocenters. The monoisotopic (exact) mass is 448 g/mol. The summed E-state index contributed by atoms with van der Waals surface area (Å²) in [4.78, 5) is 17.6. The summed E-state index contributed by atoms with van der Waals surface area (Å²) < 4.78 is 5.82. The van der Waals surface area contributed by atoms with Crippen LogP contribution >= 0.6 is 23.4 Å². The smallest absolute Gasteiger partial charge is 0.264 e. The lowest BCUT2D eigenvalue weighted by Gasteiger charge is -2.06. The van der Waals surface area contributed by atoms with Gasteiger partial charge in [-0.3, -0.25) is 4.79 Å². The van der Waals surface area contributed by atoms with Crippen LogP contribution < -0.4 is 10.1 Å². The number of aliphatic imine (C=N–C) groups is 1. The van der Waals surface area contributed by atoms with E-state index in [1.54, 1.807) is 0 Å². The van der Waals surface area contributed by atoms with E-state index in [2.05, 4.69) is 17.2 Å². The molecule has 0 aromatic heterocycles. The highest BCUT2D eigenvalue weighted by Crippen LogP contribution is 2.29. The van der Waals surface area contributed by atoms with Gasteiger partial charge in [0, 0.05) is 5.02 Å². The van der Waals surface area contributed by atoms with Crippen molar-refractivity contribution in [2.24, 2.45) is 4.99 Å². The summed E-state index contributed by atoms with van der Waals surface area (Å²) in [6, 6.07) is 23.2. The Hall–Kier alpha value is -3.02. The Morgan fingerprint density at radius 3 is 2.52 bits per heavy atom. The molecule has 0 saturated carbocycles. The Balaban J connectivity index is 1.42. The van der Waals surface area contributed by atoms with Crippen LogP contribution in [0.2, 0.25) is 5.02 Å². The van der Waals surface area contributed by atoms with Crippen LogP contribution in [0.15, 0.2) is 82.7 Å². The molecule has 1 fully saturated rings.